The fraction of sp³-hybridized carbons (Fsp3) is 0.500. The summed E-state index contributed by atoms with van der Waals surface area (Å²) >= 11 is 0. The monoisotopic (exact) mass is 336 g/mol. The van der Waals surface area contributed by atoms with Gasteiger partial charge >= 0.3 is 0 Å². The zero-order valence-corrected chi connectivity index (χ0v) is 13.6. The Morgan fingerprint density at radius 3 is 2.38 bits per heavy atom. The van der Waals surface area contributed by atoms with Crippen molar-refractivity contribution >= 4 is 20.0 Å². The number of aryl methyl sites for hydroxylation is 1. The van der Waals surface area contributed by atoms with Gasteiger partial charge in [0.05, 0.1) is 10.6 Å². The molecule has 21 heavy (non-hydrogen) atoms. The van der Waals surface area contributed by atoms with Crippen LogP contribution in [0, 0.1) is 0 Å². The molecular weight excluding hydrogens is 316 g/mol. The molecule has 3 N–H and O–H groups in total. The molecule has 0 saturated heterocycles. The fourth-order valence-corrected chi connectivity index (χ4v) is 2.77. The van der Waals surface area contributed by atoms with Crippen LogP contribution < -0.4 is 14.6 Å². The van der Waals surface area contributed by atoms with Gasteiger partial charge in [0.2, 0.25) is 20.0 Å². The van der Waals surface area contributed by atoms with Gasteiger partial charge in [0.15, 0.2) is 0 Å². The third-order valence-electron chi connectivity index (χ3n) is 2.80. The van der Waals surface area contributed by atoms with Gasteiger partial charge < -0.3 is 4.74 Å². The van der Waals surface area contributed by atoms with Crippen LogP contribution in [0.25, 0.3) is 0 Å². The Morgan fingerprint density at radius 1 is 1.19 bits per heavy atom. The summed E-state index contributed by atoms with van der Waals surface area (Å²) in [6.07, 6.45) is 0.569. The third-order valence-corrected chi connectivity index (χ3v) is 5.12. The van der Waals surface area contributed by atoms with Crippen molar-refractivity contribution in [3.8, 4) is 5.75 Å². The lowest BCUT2D eigenvalue weighted by molar-refractivity contribution is 0.319. The molecule has 1 aromatic carbocycles. The first kappa shape index (κ1) is 17.9. The van der Waals surface area contributed by atoms with Crippen LogP contribution in [0.2, 0.25) is 0 Å². The number of nitrogens with two attached hydrogens (primary N) is 1. The summed E-state index contributed by atoms with van der Waals surface area (Å²) in [4.78, 5) is 0.0263. The van der Waals surface area contributed by atoms with Crippen LogP contribution in [0.5, 0.6) is 5.75 Å². The van der Waals surface area contributed by atoms with E-state index in [1.807, 2.05) is 6.92 Å². The molecule has 0 aliphatic carbocycles. The summed E-state index contributed by atoms with van der Waals surface area (Å²) in [5.74, 6) is 0.525. The molecule has 0 aromatic heterocycles. The van der Waals surface area contributed by atoms with Crippen LogP contribution >= 0.6 is 0 Å². The van der Waals surface area contributed by atoms with Gasteiger partial charge in [0.1, 0.15) is 12.4 Å². The molecule has 0 atom stereocenters. The van der Waals surface area contributed by atoms with E-state index in [9.17, 15) is 16.8 Å². The molecule has 9 heteroatoms. The molecule has 0 amide bonds. The van der Waals surface area contributed by atoms with Crippen LogP contribution in [0.4, 0.5) is 0 Å². The van der Waals surface area contributed by atoms with E-state index in [-0.39, 0.29) is 23.8 Å². The van der Waals surface area contributed by atoms with Crippen LogP contribution in [0.1, 0.15) is 19.4 Å². The highest BCUT2D eigenvalue weighted by atomic mass is 32.2. The number of benzene rings is 1. The van der Waals surface area contributed by atoms with Gasteiger partial charge in [-0.25, -0.2) is 26.7 Å². The van der Waals surface area contributed by atoms with Gasteiger partial charge in [0.25, 0.3) is 0 Å². The molecule has 1 aromatic rings. The van der Waals surface area contributed by atoms with E-state index in [1.165, 1.54) is 18.2 Å². The second kappa shape index (κ2) is 7.21. The number of rotatable bonds is 8. The van der Waals surface area contributed by atoms with Crippen molar-refractivity contribution in [1.82, 2.24) is 4.72 Å². The Bertz CT molecular complexity index is 684. The lowest BCUT2D eigenvalue weighted by Gasteiger charge is -2.12. The highest BCUT2D eigenvalue weighted by Gasteiger charge is 2.12. The van der Waals surface area contributed by atoms with E-state index >= 15 is 0 Å². The average Bonchev–Trinajstić information content (AvgIpc) is 2.42. The van der Waals surface area contributed by atoms with E-state index < -0.39 is 20.0 Å². The van der Waals surface area contributed by atoms with Crippen LogP contribution in [-0.2, 0) is 26.5 Å². The summed E-state index contributed by atoms with van der Waals surface area (Å²) in [6, 6.07) is 4.34. The number of sulfonamides is 2. The molecular formula is C12H20N2O5S2. The first-order chi connectivity index (χ1) is 9.69. The molecule has 0 spiro atoms. The van der Waals surface area contributed by atoms with Gasteiger partial charge in [-0.2, -0.15) is 0 Å². The van der Waals surface area contributed by atoms with Crippen LogP contribution in [-0.4, -0.2) is 35.7 Å². The highest BCUT2D eigenvalue weighted by Crippen LogP contribution is 2.22. The lowest BCUT2D eigenvalue weighted by Crippen LogP contribution is -2.29. The highest BCUT2D eigenvalue weighted by molar-refractivity contribution is 7.89. The molecule has 1 rings (SSSR count). The number of nitrogens with one attached hydrogen (secondary N) is 1. The minimum atomic E-state index is -3.75. The standard InChI is InChI=1S/C12H20N2O5S2/c1-3-10-9-11(21(13,17)18)5-6-12(10)19-8-7-14-20(15,16)4-2/h5-6,9,14H,3-4,7-8H2,1-2H3,(H2,13,17,18). The predicted molar refractivity (Wildman–Crippen MR) is 80.2 cm³/mol. The third kappa shape index (κ3) is 5.62. The predicted octanol–water partition coefficient (Wildman–Crippen LogP) is 0.215. The number of hydrogen-bond donors (Lipinski definition) is 2. The lowest BCUT2D eigenvalue weighted by atomic mass is 10.1. The van der Waals surface area contributed by atoms with Crippen molar-refractivity contribution < 1.29 is 21.6 Å². The van der Waals surface area contributed by atoms with E-state index in [0.29, 0.717) is 17.7 Å². The summed E-state index contributed by atoms with van der Waals surface area (Å²) in [5.41, 5.74) is 0.694. The van der Waals surface area contributed by atoms with Gasteiger partial charge in [-0.1, -0.05) is 6.92 Å². The Hall–Kier alpha value is -1.16. The normalized spacial score (nSPS) is 12.3. The summed E-state index contributed by atoms with van der Waals surface area (Å²) < 4.78 is 52.9. The fourth-order valence-electron chi connectivity index (χ4n) is 1.61. The molecule has 0 radical (unpaired) electrons. The average molecular weight is 336 g/mol. The SMILES string of the molecule is CCc1cc(S(N)(=O)=O)ccc1OCCNS(=O)(=O)CC. The zero-order chi connectivity index (χ0) is 16.1. The maximum Gasteiger partial charge on any atom is 0.238 e. The van der Waals surface area contributed by atoms with Crippen LogP contribution in [0.3, 0.4) is 0 Å². The zero-order valence-electron chi connectivity index (χ0n) is 12.0. The van der Waals surface area contributed by atoms with Crippen LogP contribution in [0.15, 0.2) is 23.1 Å². The maximum atomic E-state index is 11.3. The first-order valence-corrected chi connectivity index (χ1v) is 9.65. The topological polar surface area (TPSA) is 116 Å². The Labute approximate surface area is 125 Å². The molecule has 0 saturated carbocycles. The largest absolute Gasteiger partial charge is 0.492 e. The van der Waals surface area contributed by atoms with Gasteiger partial charge in [0, 0.05) is 6.54 Å². The van der Waals surface area contributed by atoms with Crippen molar-refractivity contribution in [3.05, 3.63) is 23.8 Å². The second-order valence-corrected chi connectivity index (χ2v) is 7.97. The summed E-state index contributed by atoms with van der Waals surface area (Å²) in [5, 5.41) is 5.07. The minimum Gasteiger partial charge on any atom is -0.492 e. The Kier molecular flexibility index (Phi) is 6.14. The summed E-state index contributed by atoms with van der Waals surface area (Å²) in [7, 11) is -6.99. The molecule has 0 bridgehead atoms. The van der Waals surface area contributed by atoms with Crippen molar-refractivity contribution in [2.24, 2.45) is 5.14 Å². The van der Waals surface area contributed by atoms with E-state index in [2.05, 4.69) is 4.72 Å². The van der Waals surface area contributed by atoms with Crippen molar-refractivity contribution in [2.75, 3.05) is 18.9 Å². The van der Waals surface area contributed by atoms with E-state index in [4.69, 9.17) is 9.88 Å². The van der Waals surface area contributed by atoms with Crippen molar-refractivity contribution in [2.45, 2.75) is 25.2 Å². The van der Waals surface area contributed by atoms with Crippen molar-refractivity contribution in [3.63, 3.8) is 0 Å². The van der Waals surface area contributed by atoms with Gasteiger partial charge in [-0.05, 0) is 37.1 Å². The second-order valence-electron chi connectivity index (χ2n) is 4.31. The molecule has 7 nitrogen and oxygen atoms in total. The maximum absolute atomic E-state index is 11.3. The number of ether oxygens (including phenoxy) is 1. The first-order valence-electron chi connectivity index (χ1n) is 6.45. The Morgan fingerprint density at radius 2 is 1.86 bits per heavy atom. The smallest absolute Gasteiger partial charge is 0.238 e. The number of hydrogen-bond acceptors (Lipinski definition) is 5. The number of primary sulfonamides is 1. The molecule has 0 unspecified atom stereocenters. The molecule has 0 aliphatic rings. The molecule has 0 fully saturated rings. The minimum absolute atomic E-state index is 0.0102. The van der Waals surface area contributed by atoms with Gasteiger partial charge in [-0.15, -0.1) is 0 Å². The quantitative estimate of drug-likeness (QED) is 0.659. The molecule has 120 valence electrons. The van der Waals surface area contributed by atoms with E-state index in [1.54, 1.807) is 6.92 Å². The molecule has 0 aliphatic heterocycles. The summed E-state index contributed by atoms with van der Waals surface area (Å²) in [6.45, 7) is 3.70. The van der Waals surface area contributed by atoms with E-state index in [0.717, 1.165) is 0 Å². The van der Waals surface area contributed by atoms with Crippen molar-refractivity contribution in [1.29, 1.82) is 0 Å². The van der Waals surface area contributed by atoms with Gasteiger partial charge in [-0.3, -0.25) is 0 Å². The Balaban J connectivity index is 2.72. The molecule has 0 heterocycles.